The molecule has 0 saturated heterocycles. The van der Waals surface area contributed by atoms with Crippen molar-refractivity contribution in [2.45, 2.75) is 59.0 Å². The van der Waals surface area contributed by atoms with Crippen LogP contribution in [0.2, 0.25) is 0 Å². The Bertz CT molecular complexity index is 733. The Labute approximate surface area is 173 Å². The molecule has 1 aliphatic carbocycles. The van der Waals surface area contributed by atoms with Crippen LogP contribution in [0.15, 0.2) is 27.7 Å². The normalized spacial score (nSPS) is 13.3. The number of hydrogen-bond acceptors (Lipinski definition) is 3. The van der Waals surface area contributed by atoms with Gasteiger partial charge in [-0.25, -0.2) is 0 Å². The van der Waals surface area contributed by atoms with E-state index in [2.05, 4.69) is 52.8 Å². The maximum absolute atomic E-state index is 5.42. The van der Waals surface area contributed by atoms with Gasteiger partial charge >= 0.3 is 0 Å². The Morgan fingerprint density at radius 1 is 1.12 bits per heavy atom. The molecule has 1 heterocycles. The maximum Gasteiger partial charge on any atom is 0.191 e. The predicted octanol–water partition coefficient (Wildman–Crippen LogP) is 3.77. The molecule has 0 amide bonds. The van der Waals surface area contributed by atoms with Gasteiger partial charge in [0.25, 0.3) is 0 Å². The molecule has 0 saturated carbocycles. The van der Waals surface area contributed by atoms with E-state index < -0.39 is 0 Å². The predicted molar refractivity (Wildman–Crippen MR) is 116 cm³/mol. The minimum absolute atomic E-state index is 0. The monoisotopic (exact) mass is 468 g/mol. The summed E-state index contributed by atoms with van der Waals surface area (Å²) >= 11 is 0. The second kappa shape index (κ2) is 9.94. The molecule has 5 nitrogen and oxygen atoms in total. The van der Waals surface area contributed by atoms with Gasteiger partial charge in [0.15, 0.2) is 5.96 Å². The van der Waals surface area contributed by atoms with Crippen LogP contribution in [-0.2, 0) is 38.8 Å². The van der Waals surface area contributed by atoms with Crippen LogP contribution in [-0.4, -0.2) is 18.2 Å². The van der Waals surface area contributed by atoms with Gasteiger partial charge in [0.05, 0.1) is 5.69 Å². The minimum Gasteiger partial charge on any atom is -0.361 e. The summed E-state index contributed by atoms with van der Waals surface area (Å²) < 4.78 is 5.42. The van der Waals surface area contributed by atoms with Crippen LogP contribution in [0, 0.1) is 0 Å². The van der Waals surface area contributed by atoms with Crippen molar-refractivity contribution in [3.8, 4) is 0 Å². The zero-order chi connectivity index (χ0) is 17.6. The van der Waals surface area contributed by atoms with E-state index in [1.165, 1.54) is 36.0 Å². The molecule has 2 aromatic rings. The van der Waals surface area contributed by atoms with Gasteiger partial charge in [-0.1, -0.05) is 37.2 Å². The van der Waals surface area contributed by atoms with Crippen LogP contribution >= 0.6 is 24.0 Å². The summed E-state index contributed by atoms with van der Waals surface area (Å²) in [6.07, 6.45) is 5.45. The number of nitrogens with zero attached hydrogens (tertiary/aromatic N) is 2. The highest BCUT2D eigenvalue weighted by atomic mass is 127. The highest BCUT2D eigenvalue weighted by molar-refractivity contribution is 14.0. The van der Waals surface area contributed by atoms with Crippen molar-refractivity contribution in [2.75, 3.05) is 7.05 Å². The van der Waals surface area contributed by atoms with Crippen molar-refractivity contribution in [2.24, 2.45) is 4.99 Å². The standard InChI is InChI=1S/C20H28N4O.HI/c1-4-18-17(19(5-2)25-24-18)13-23-20(21-3)22-12-14-9-10-15-7-6-8-16(15)11-14;/h9-11H,4-8,12-13H2,1-3H3,(H2,21,22,23);1H. The number of aromatic nitrogens is 1. The van der Waals surface area contributed by atoms with Crippen molar-refractivity contribution in [3.05, 3.63) is 51.9 Å². The fourth-order valence-electron chi connectivity index (χ4n) is 3.45. The van der Waals surface area contributed by atoms with Crippen LogP contribution in [0.25, 0.3) is 0 Å². The smallest absolute Gasteiger partial charge is 0.191 e. The molecule has 1 aliphatic rings. The fourth-order valence-corrected chi connectivity index (χ4v) is 3.45. The maximum atomic E-state index is 5.42. The molecule has 0 atom stereocenters. The molecule has 0 spiro atoms. The van der Waals surface area contributed by atoms with Gasteiger partial charge in [-0.15, -0.1) is 24.0 Å². The number of fused-ring (bicyclic) bond motifs is 1. The molecule has 0 aliphatic heterocycles. The van der Waals surface area contributed by atoms with Gasteiger partial charge in [0.2, 0.25) is 0 Å². The molecular formula is C20H29IN4O. The quantitative estimate of drug-likeness (QED) is 0.385. The lowest BCUT2D eigenvalue weighted by Gasteiger charge is -2.13. The number of halogens is 1. The lowest BCUT2D eigenvalue weighted by atomic mass is 10.1. The van der Waals surface area contributed by atoms with Gasteiger partial charge in [-0.3, -0.25) is 4.99 Å². The number of rotatable bonds is 6. The molecule has 1 aromatic carbocycles. The van der Waals surface area contributed by atoms with E-state index in [-0.39, 0.29) is 24.0 Å². The molecule has 1 aromatic heterocycles. The zero-order valence-electron chi connectivity index (χ0n) is 15.9. The van der Waals surface area contributed by atoms with Gasteiger partial charge in [0.1, 0.15) is 5.76 Å². The average molecular weight is 468 g/mol. The Morgan fingerprint density at radius 2 is 1.88 bits per heavy atom. The summed E-state index contributed by atoms with van der Waals surface area (Å²) in [6.45, 7) is 5.64. The highest BCUT2D eigenvalue weighted by Crippen LogP contribution is 2.22. The third-order valence-corrected chi connectivity index (χ3v) is 4.89. The first kappa shape index (κ1) is 20.7. The van der Waals surface area contributed by atoms with Crippen LogP contribution in [0.1, 0.15) is 54.0 Å². The SMILES string of the molecule is CCc1noc(CC)c1CNC(=NC)NCc1ccc2c(c1)CCC2.I. The fraction of sp³-hybridized carbons (Fsp3) is 0.500. The largest absolute Gasteiger partial charge is 0.361 e. The van der Waals surface area contributed by atoms with Crippen LogP contribution in [0.3, 0.4) is 0 Å². The molecule has 142 valence electrons. The number of aliphatic imine (C=N–C) groups is 1. The molecule has 0 bridgehead atoms. The second-order valence-electron chi connectivity index (χ2n) is 6.47. The van der Waals surface area contributed by atoms with E-state index in [4.69, 9.17) is 4.52 Å². The Balaban J connectivity index is 0.00000243. The van der Waals surface area contributed by atoms with E-state index >= 15 is 0 Å². The topological polar surface area (TPSA) is 62.5 Å². The molecule has 0 radical (unpaired) electrons. The molecule has 6 heteroatoms. The summed E-state index contributed by atoms with van der Waals surface area (Å²) in [7, 11) is 1.80. The summed E-state index contributed by atoms with van der Waals surface area (Å²) in [5, 5.41) is 10.9. The van der Waals surface area contributed by atoms with E-state index in [9.17, 15) is 0 Å². The Kier molecular flexibility index (Phi) is 7.93. The van der Waals surface area contributed by atoms with Crippen molar-refractivity contribution < 1.29 is 4.52 Å². The Morgan fingerprint density at radius 3 is 2.62 bits per heavy atom. The zero-order valence-corrected chi connectivity index (χ0v) is 18.2. The first-order chi connectivity index (χ1) is 12.2. The van der Waals surface area contributed by atoms with Gasteiger partial charge in [-0.05, 0) is 42.4 Å². The van der Waals surface area contributed by atoms with E-state index in [1.807, 2.05) is 0 Å². The van der Waals surface area contributed by atoms with Gasteiger partial charge < -0.3 is 15.2 Å². The lowest BCUT2D eigenvalue weighted by molar-refractivity contribution is 0.380. The molecule has 26 heavy (non-hydrogen) atoms. The van der Waals surface area contributed by atoms with Gasteiger partial charge in [0, 0.05) is 32.1 Å². The van der Waals surface area contributed by atoms with Crippen molar-refractivity contribution in [3.63, 3.8) is 0 Å². The van der Waals surface area contributed by atoms with Crippen molar-refractivity contribution >= 4 is 29.9 Å². The number of aryl methyl sites for hydroxylation is 4. The van der Waals surface area contributed by atoms with Gasteiger partial charge in [-0.2, -0.15) is 0 Å². The lowest BCUT2D eigenvalue weighted by Crippen LogP contribution is -2.36. The highest BCUT2D eigenvalue weighted by Gasteiger charge is 2.14. The number of nitrogens with one attached hydrogen (secondary N) is 2. The third kappa shape index (κ3) is 4.78. The third-order valence-electron chi connectivity index (χ3n) is 4.89. The Hall–Kier alpha value is -1.57. The minimum atomic E-state index is 0. The summed E-state index contributed by atoms with van der Waals surface area (Å²) in [5.41, 5.74) is 6.51. The summed E-state index contributed by atoms with van der Waals surface area (Å²) in [4.78, 5) is 4.33. The van der Waals surface area contributed by atoms with Crippen molar-refractivity contribution in [1.82, 2.24) is 15.8 Å². The number of benzene rings is 1. The molecular weight excluding hydrogens is 439 g/mol. The first-order valence-electron chi connectivity index (χ1n) is 9.26. The van der Waals surface area contributed by atoms with Crippen LogP contribution in [0.4, 0.5) is 0 Å². The van der Waals surface area contributed by atoms with Crippen LogP contribution in [0.5, 0.6) is 0 Å². The second-order valence-corrected chi connectivity index (χ2v) is 6.47. The molecule has 3 rings (SSSR count). The summed E-state index contributed by atoms with van der Waals surface area (Å²) in [6, 6.07) is 6.82. The van der Waals surface area contributed by atoms with Crippen LogP contribution < -0.4 is 10.6 Å². The van der Waals surface area contributed by atoms with Crippen molar-refractivity contribution in [1.29, 1.82) is 0 Å². The van der Waals surface area contributed by atoms with E-state index in [0.29, 0.717) is 6.54 Å². The number of hydrogen-bond donors (Lipinski definition) is 2. The molecule has 0 fully saturated rings. The molecule has 0 unspecified atom stereocenters. The molecule has 2 N–H and O–H groups in total. The first-order valence-corrected chi connectivity index (χ1v) is 9.26. The summed E-state index contributed by atoms with van der Waals surface area (Å²) in [5.74, 6) is 1.75. The van der Waals surface area contributed by atoms with E-state index in [0.717, 1.165) is 42.4 Å². The average Bonchev–Trinajstić information content (AvgIpc) is 3.27. The van der Waals surface area contributed by atoms with E-state index in [1.54, 1.807) is 7.05 Å². The number of guanidine groups is 1.